The fourth-order valence-corrected chi connectivity index (χ4v) is 10.7. The van der Waals surface area contributed by atoms with Gasteiger partial charge in [0, 0.05) is 49.3 Å². The molecule has 0 bridgehead atoms. The van der Waals surface area contributed by atoms with Gasteiger partial charge < -0.3 is 13.6 Å². The van der Waals surface area contributed by atoms with Gasteiger partial charge in [-0.2, -0.15) is 0 Å². The monoisotopic (exact) mass is 869 g/mol. The third kappa shape index (κ3) is 5.71. The van der Waals surface area contributed by atoms with Crippen LogP contribution in [0.25, 0.3) is 128 Å². The lowest BCUT2D eigenvalue weighted by molar-refractivity contribution is 0.673. The fourth-order valence-electron chi connectivity index (χ4n) is 10.7. The largest absolute Gasteiger partial charge is 0.455 e. The molecular weight excluding hydrogens is 831 g/mol. The summed E-state index contributed by atoms with van der Waals surface area (Å²) in [6, 6.07) is 84.0. The van der Waals surface area contributed by atoms with Crippen LogP contribution in [-0.2, 0) is 0 Å². The molecule has 0 aliphatic carbocycles. The van der Waals surface area contributed by atoms with E-state index >= 15 is 0 Å². The van der Waals surface area contributed by atoms with Gasteiger partial charge in [0.05, 0.1) is 38.8 Å². The third-order valence-electron chi connectivity index (χ3n) is 13.6. The number of rotatable bonds is 7. The van der Waals surface area contributed by atoms with Crippen molar-refractivity contribution in [1.82, 2.24) is 23.9 Å². The molecule has 10 aromatic carbocycles. The van der Waals surface area contributed by atoms with Gasteiger partial charge in [-0.15, -0.1) is 10.2 Å². The van der Waals surface area contributed by atoms with E-state index in [1.165, 1.54) is 0 Å². The van der Waals surface area contributed by atoms with Crippen LogP contribution in [-0.4, -0.2) is 23.9 Å². The third-order valence-corrected chi connectivity index (χ3v) is 13.6. The molecule has 0 atom stereocenters. The number of para-hydroxylation sites is 4. The van der Waals surface area contributed by atoms with E-state index in [1.807, 2.05) is 18.2 Å². The van der Waals surface area contributed by atoms with Crippen molar-refractivity contribution >= 4 is 65.6 Å². The maximum atomic E-state index is 6.66. The second-order valence-corrected chi connectivity index (χ2v) is 17.3. The smallest absolute Gasteiger partial charge is 0.168 e. The molecule has 4 aromatic heterocycles. The van der Waals surface area contributed by atoms with E-state index < -0.39 is 0 Å². The van der Waals surface area contributed by atoms with Crippen molar-refractivity contribution in [3.63, 3.8) is 0 Å². The molecule has 0 aliphatic rings. The zero-order valence-electron chi connectivity index (χ0n) is 36.7. The van der Waals surface area contributed by atoms with Gasteiger partial charge >= 0.3 is 0 Å². The van der Waals surface area contributed by atoms with Crippen LogP contribution in [0.4, 0.5) is 0 Å². The standard InChI is InChI=1S/C62H39N5O/c1-3-19-40(20-4-1)61-63-64-62(41-21-5-2-6-22-41)67(61)55-35-18-34-54-58(55)49-29-10-14-32-52(49)65(54)43-24-17-23-42(39-43)44-25-7-8-26-45(44)46-27-9-13-31-51(46)66-53-33-15-11-30-50(53)59-56(66)38-37-48-47-28-12-16-36-57(47)68-60(48)59/h1-39H. The number of furan rings is 1. The molecule has 318 valence electrons. The lowest BCUT2D eigenvalue weighted by Crippen LogP contribution is -2.01. The quantitative estimate of drug-likeness (QED) is 0.160. The van der Waals surface area contributed by atoms with Crippen LogP contribution in [0.1, 0.15) is 0 Å². The van der Waals surface area contributed by atoms with E-state index in [0.29, 0.717) is 0 Å². The summed E-state index contributed by atoms with van der Waals surface area (Å²) in [5.74, 6) is 1.58. The summed E-state index contributed by atoms with van der Waals surface area (Å²) >= 11 is 0. The Balaban J connectivity index is 0.951. The van der Waals surface area contributed by atoms with Crippen molar-refractivity contribution in [2.45, 2.75) is 0 Å². The summed E-state index contributed by atoms with van der Waals surface area (Å²) in [6.45, 7) is 0. The van der Waals surface area contributed by atoms with Crippen molar-refractivity contribution in [2.75, 3.05) is 0 Å². The molecule has 6 nitrogen and oxygen atoms in total. The van der Waals surface area contributed by atoms with Crippen LogP contribution in [0.3, 0.4) is 0 Å². The average molecular weight is 870 g/mol. The molecule has 0 radical (unpaired) electrons. The summed E-state index contributed by atoms with van der Waals surface area (Å²) in [4.78, 5) is 0. The molecule has 14 aromatic rings. The average Bonchev–Trinajstić information content (AvgIpc) is 4.19. The first kappa shape index (κ1) is 38.1. The Morgan fingerprint density at radius 1 is 0.309 bits per heavy atom. The van der Waals surface area contributed by atoms with E-state index in [2.05, 4.69) is 232 Å². The first-order valence-corrected chi connectivity index (χ1v) is 23.0. The topological polar surface area (TPSA) is 53.7 Å². The van der Waals surface area contributed by atoms with Gasteiger partial charge in [-0.25, -0.2) is 0 Å². The fraction of sp³-hybridized carbons (Fsp3) is 0. The predicted octanol–water partition coefficient (Wildman–Crippen LogP) is 16.0. The second kappa shape index (κ2) is 15.2. The van der Waals surface area contributed by atoms with E-state index in [9.17, 15) is 0 Å². The molecule has 68 heavy (non-hydrogen) atoms. The molecule has 0 fully saturated rings. The lowest BCUT2D eigenvalue weighted by atomic mass is 9.93. The number of benzene rings is 10. The van der Waals surface area contributed by atoms with Gasteiger partial charge in [-0.3, -0.25) is 4.57 Å². The van der Waals surface area contributed by atoms with E-state index in [-0.39, 0.29) is 0 Å². The molecule has 0 aliphatic heterocycles. The van der Waals surface area contributed by atoms with Crippen molar-refractivity contribution in [3.8, 4) is 62.1 Å². The van der Waals surface area contributed by atoms with Crippen molar-refractivity contribution < 1.29 is 4.42 Å². The van der Waals surface area contributed by atoms with E-state index in [0.717, 1.165) is 128 Å². The maximum absolute atomic E-state index is 6.66. The summed E-state index contributed by atoms with van der Waals surface area (Å²) in [5.41, 5.74) is 16.0. The van der Waals surface area contributed by atoms with Crippen LogP contribution in [0.15, 0.2) is 241 Å². The van der Waals surface area contributed by atoms with Gasteiger partial charge in [0.2, 0.25) is 0 Å². The Hall–Kier alpha value is -9.26. The highest BCUT2D eigenvalue weighted by atomic mass is 16.3. The zero-order chi connectivity index (χ0) is 44.7. The van der Waals surface area contributed by atoms with Gasteiger partial charge in [0.15, 0.2) is 11.6 Å². The molecule has 4 heterocycles. The highest BCUT2D eigenvalue weighted by Gasteiger charge is 2.24. The summed E-state index contributed by atoms with van der Waals surface area (Å²) in [6.07, 6.45) is 0. The lowest BCUT2D eigenvalue weighted by Gasteiger charge is -2.17. The molecule has 6 heteroatoms. The normalized spacial score (nSPS) is 11.8. The van der Waals surface area contributed by atoms with Gasteiger partial charge in [0.1, 0.15) is 11.2 Å². The minimum absolute atomic E-state index is 0.788. The minimum Gasteiger partial charge on any atom is -0.455 e. The van der Waals surface area contributed by atoms with Crippen LogP contribution in [0.5, 0.6) is 0 Å². The summed E-state index contributed by atoms with van der Waals surface area (Å²) in [5, 5.41) is 16.5. The Morgan fingerprint density at radius 3 is 1.59 bits per heavy atom. The number of hydrogen-bond donors (Lipinski definition) is 0. The highest BCUT2D eigenvalue weighted by molar-refractivity contribution is 6.24. The predicted molar refractivity (Wildman–Crippen MR) is 279 cm³/mol. The summed E-state index contributed by atoms with van der Waals surface area (Å²) < 4.78 is 13.7. The van der Waals surface area contributed by atoms with Crippen molar-refractivity contribution in [3.05, 3.63) is 237 Å². The Kier molecular flexibility index (Phi) is 8.48. The van der Waals surface area contributed by atoms with Gasteiger partial charge in [0.25, 0.3) is 0 Å². The van der Waals surface area contributed by atoms with E-state index in [4.69, 9.17) is 14.6 Å². The molecule has 0 spiro atoms. The van der Waals surface area contributed by atoms with Crippen molar-refractivity contribution in [2.24, 2.45) is 0 Å². The first-order valence-electron chi connectivity index (χ1n) is 23.0. The zero-order valence-corrected chi connectivity index (χ0v) is 36.7. The van der Waals surface area contributed by atoms with Gasteiger partial charge in [-0.1, -0.05) is 176 Å². The molecule has 14 rings (SSSR count). The van der Waals surface area contributed by atoms with Crippen LogP contribution < -0.4 is 0 Å². The Bertz CT molecular complexity index is 4210. The number of hydrogen-bond acceptors (Lipinski definition) is 3. The van der Waals surface area contributed by atoms with Crippen molar-refractivity contribution in [1.29, 1.82) is 0 Å². The van der Waals surface area contributed by atoms with Gasteiger partial charge in [-0.05, 0) is 77.4 Å². The molecule has 0 saturated heterocycles. The van der Waals surface area contributed by atoms with E-state index in [1.54, 1.807) is 0 Å². The minimum atomic E-state index is 0.788. The van der Waals surface area contributed by atoms with Crippen LogP contribution >= 0.6 is 0 Å². The second-order valence-electron chi connectivity index (χ2n) is 17.3. The molecule has 0 N–H and O–H groups in total. The number of fused-ring (bicyclic) bond motifs is 10. The molecule has 0 amide bonds. The maximum Gasteiger partial charge on any atom is 0.168 e. The first-order chi connectivity index (χ1) is 33.8. The number of aromatic nitrogens is 5. The molecule has 0 saturated carbocycles. The highest BCUT2D eigenvalue weighted by Crippen LogP contribution is 2.45. The molecular formula is C62H39N5O. The Morgan fingerprint density at radius 2 is 0.838 bits per heavy atom. The summed E-state index contributed by atoms with van der Waals surface area (Å²) in [7, 11) is 0. The number of nitrogens with zero attached hydrogens (tertiary/aromatic N) is 5. The molecule has 0 unspecified atom stereocenters. The van der Waals surface area contributed by atoms with Crippen LogP contribution in [0, 0.1) is 0 Å². The Labute approximate surface area is 390 Å². The SMILES string of the molecule is c1ccc(-c2nnc(-c3ccccc3)n2-c2cccc3c2c2ccccc2n3-c2cccc(-c3ccccc3-c3ccccc3-n3c4ccccc4c4c5oc6ccccc6c5ccc43)c2)cc1. The van der Waals surface area contributed by atoms with Crippen LogP contribution in [0.2, 0.25) is 0 Å².